The Morgan fingerprint density at radius 3 is 2.45 bits per heavy atom. The van der Waals surface area contributed by atoms with Gasteiger partial charge in [-0.15, -0.1) is 0 Å². The normalized spacial score (nSPS) is 39.3. The minimum absolute atomic E-state index is 1.03. The molecular weight excluding hydrogens is 134 g/mol. The maximum Gasteiger partial charge on any atom is -0.00179 e. The van der Waals surface area contributed by atoms with Crippen LogP contribution in [0.25, 0.3) is 0 Å². The van der Waals surface area contributed by atoms with Crippen molar-refractivity contribution in [2.24, 2.45) is 11.8 Å². The first-order valence-electron chi connectivity index (χ1n) is 5.17. The molecular formula is C10H19N. The molecule has 2 aliphatic rings. The Kier molecular flexibility index (Phi) is 2.47. The van der Waals surface area contributed by atoms with Crippen molar-refractivity contribution >= 4 is 0 Å². The van der Waals surface area contributed by atoms with Gasteiger partial charge in [0.25, 0.3) is 0 Å². The zero-order valence-electron chi connectivity index (χ0n) is 7.31. The summed E-state index contributed by atoms with van der Waals surface area (Å²) in [6.07, 6.45) is 8.92. The predicted octanol–water partition coefficient (Wildman–Crippen LogP) is 2.18. The summed E-state index contributed by atoms with van der Waals surface area (Å²) in [6.45, 7) is 2.58. The van der Waals surface area contributed by atoms with Gasteiger partial charge in [-0.2, -0.15) is 0 Å². The van der Waals surface area contributed by atoms with Crippen molar-refractivity contribution in [3.05, 3.63) is 0 Å². The lowest BCUT2D eigenvalue weighted by atomic mass is 9.78. The molecule has 0 aromatic carbocycles. The summed E-state index contributed by atoms with van der Waals surface area (Å²) in [6, 6.07) is 0. The van der Waals surface area contributed by atoms with Crippen molar-refractivity contribution in [1.29, 1.82) is 0 Å². The van der Waals surface area contributed by atoms with E-state index >= 15 is 0 Å². The molecule has 0 unspecified atom stereocenters. The Labute approximate surface area is 69.6 Å². The van der Waals surface area contributed by atoms with Crippen LogP contribution in [0.1, 0.15) is 38.5 Å². The first-order chi connectivity index (χ1) is 5.47. The van der Waals surface area contributed by atoms with Gasteiger partial charge in [-0.3, -0.25) is 0 Å². The molecule has 64 valence electrons. The zero-order valence-corrected chi connectivity index (χ0v) is 7.31. The van der Waals surface area contributed by atoms with Crippen LogP contribution in [0, 0.1) is 11.8 Å². The standard InChI is InChI=1S/C10H19N/c1-2-5-10-8-11-7-3-6-9(10)4-1/h9-11H,1-8H2/t9-,10+/m0/s1. The molecule has 0 bridgehead atoms. The summed E-state index contributed by atoms with van der Waals surface area (Å²) in [5.74, 6) is 2.12. The maximum absolute atomic E-state index is 3.55. The molecule has 2 rings (SSSR count). The lowest BCUT2D eigenvalue weighted by Crippen LogP contribution is -2.27. The molecule has 11 heavy (non-hydrogen) atoms. The second-order valence-corrected chi connectivity index (χ2v) is 4.15. The van der Waals surface area contributed by atoms with E-state index in [1.54, 1.807) is 0 Å². The molecule has 1 N–H and O–H groups in total. The second kappa shape index (κ2) is 3.57. The van der Waals surface area contributed by atoms with E-state index in [9.17, 15) is 0 Å². The van der Waals surface area contributed by atoms with Gasteiger partial charge < -0.3 is 5.32 Å². The topological polar surface area (TPSA) is 12.0 Å². The van der Waals surface area contributed by atoms with E-state index in [0.29, 0.717) is 0 Å². The van der Waals surface area contributed by atoms with Crippen LogP contribution in [0.5, 0.6) is 0 Å². The molecule has 0 spiro atoms. The van der Waals surface area contributed by atoms with Crippen molar-refractivity contribution < 1.29 is 0 Å². The molecule has 1 aliphatic carbocycles. The van der Waals surface area contributed by atoms with Crippen LogP contribution in [0.4, 0.5) is 0 Å². The largest absolute Gasteiger partial charge is 0.316 e. The Morgan fingerprint density at radius 2 is 1.55 bits per heavy atom. The highest BCUT2D eigenvalue weighted by atomic mass is 14.9. The molecule has 1 saturated carbocycles. The van der Waals surface area contributed by atoms with E-state index in [1.165, 1.54) is 51.6 Å². The Bertz CT molecular complexity index is 108. The molecule has 1 nitrogen and oxygen atoms in total. The van der Waals surface area contributed by atoms with Crippen LogP contribution in [0.3, 0.4) is 0 Å². The molecule has 2 fully saturated rings. The summed E-state index contributed by atoms with van der Waals surface area (Å²) in [5.41, 5.74) is 0. The SMILES string of the molecule is C1CC[C@@H]2CNCCC[C@@H]2C1. The minimum Gasteiger partial charge on any atom is -0.316 e. The third-order valence-electron chi connectivity index (χ3n) is 3.40. The van der Waals surface area contributed by atoms with Crippen LogP contribution >= 0.6 is 0 Å². The van der Waals surface area contributed by atoms with E-state index in [2.05, 4.69) is 5.32 Å². The summed E-state index contributed by atoms with van der Waals surface area (Å²) in [7, 11) is 0. The predicted molar refractivity (Wildman–Crippen MR) is 47.6 cm³/mol. The van der Waals surface area contributed by atoms with Crippen molar-refractivity contribution in [3.8, 4) is 0 Å². The number of hydrogen-bond donors (Lipinski definition) is 1. The van der Waals surface area contributed by atoms with Crippen LogP contribution in [-0.2, 0) is 0 Å². The van der Waals surface area contributed by atoms with E-state index in [0.717, 1.165) is 11.8 Å². The highest BCUT2D eigenvalue weighted by Crippen LogP contribution is 2.33. The zero-order chi connectivity index (χ0) is 7.52. The minimum atomic E-state index is 1.03. The van der Waals surface area contributed by atoms with E-state index < -0.39 is 0 Å². The molecule has 1 saturated heterocycles. The first kappa shape index (κ1) is 7.60. The molecule has 0 amide bonds. The number of rotatable bonds is 0. The average molecular weight is 153 g/mol. The molecule has 1 aliphatic heterocycles. The van der Waals surface area contributed by atoms with Gasteiger partial charge >= 0.3 is 0 Å². The number of hydrogen-bond acceptors (Lipinski definition) is 1. The van der Waals surface area contributed by atoms with Crippen LogP contribution in [-0.4, -0.2) is 13.1 Å². The quantitative estimate of drug-likeness (QED) is 0.562. The fraction of sp³-hybridized carbons (Fsp3) is 1.00. The van der Waals surface area contributed by atoms with Crippen LogP contribution < -0.4 is 5.32 Å². The van der Waals surface area contributed by atoms with Gasteiger partial charge in [-0.05, 0) is 44.2 Å². The van der Waals surface area contributed by atoms with Crippen molar-refractivity contribution in [2.45, 2.75) is 38.5 Å². The van der Waals surface area contributed by atoms with E-state index in [1.807, 2.05) is 0 Å². The second-order valence-electron chi connectivity index (χ2n) is 4.15. The maximum atomic E-state index is 3.55. The van der Waals surface area contributed by atoms with Gasteiger partial charge in [0.2, 0.25) is 0 Å². The molecule has 0 aromatic rings. The third kappa shape index (κ3) is 1.76. The summed E-state index contributed by atoms with van der Waals surface area (Å²) < 4.78 is 0. The fourth-order valence-electron chi connectivity index (χ4n) is 2.71. The lowest BCUT2D eigenvalue weighted by Gasteiger charge is -2.29. The highest BCUT2D eigenvalue weighted by molar-refractivity contribution is 4.79. The van der Waals surface area contributed by atoms with Gasteiger partial charge in [-0.1, -0.05) is 19.3 Å². The smallest absolute Gasteiger partial charge is 0.00179 e. The fourth-order valence-corrected chi connectivity index (χ4v) is 2.71. The lowest BCUT2D eigenvalue weighted by molar-refractivity contribution is 0.235. The van der Waals surface area contributed by atoms with E-state index in [4.69, 9.17) is 0 Å². The van der Waals surface area contributed by atoms with Gasteiger partial charge in [-0.25, -0.2) is 0 Å². The third-order valence-corrected chi connectivity index (χ3v) is 3.40. The first-order valence-corrected chi connectivity index (χ1v) is 5.17. The Hall–Kier alpha value is -0.0400. The highest BCUT2D eigenvalue weighted by Gasteiger charge is 2.25. The van der Waals surface area contributed by atoms with Crippen LogP contribution in [0.15, 0.2) is 0 Å². The van der Waals surface area contributed by atoms with Gasteiger partial charge in [0.15, 0.2) is 0 Å². The average Bonchev–Trinajstić information content (AvgIpc) is 2.28. The molecule has 0 radical (unpaired) electrons. The number of nitrogens with one attached hydrogen (secondary N) is 1. The number of fused-ring (bicyclic) bond motifs is 1. The van der Waals surface area contributed by atoms with Crippen molar-refractivity contribution in [3.63, 3.8) is 0 Å². The molecule has 0 aromatic heterocycles. The van der Waals surface area contributed by atoms with Gasteiger partial charge in [0.1, 0.15) is 0 Å². The monoisotopic (exact) mass is 153 g/mol. The van der Waals surface area contributed by atoms with Crippen molar-refractivity contribution in [1.82, 2.24) is 5.32 Å². The summed E-state index contributed by atoms with van der Waals surface area (Å²) >= 11 is 0. The van der Waals surface area contributed by atoms with Gasteiger partial charge in [0, 0.05) is 0 Å². The van der Waals surface area contributed by atoms with E-state index in [-0.39, 0.29) is 0 Å². The Balaban J connectivity index is 1.93. The molecule has 2 atom stereocenters. The van der Waals surface area contributed by atoms with Gasteiger partial charge in [0.05, 0.1) is 0 Å². The molecule has 1 heterocycles. The molecule has 1 heteroatoms. The van der Waals surface area contributed by atoms with Crippen molar-refractivity contribution in [2.75, 3.05) is 13.1 Å². The van der Waals surface area contributed by atoms with Crippen LogP contribution in [0.2, 0.25) is 0 Å². The summed E-state index contributed by atoms with van der Waals surface area (Å²) in [5, 5.41) is 3.55. The summed E-state index contributed by atoms with van der Waals surface area (Å²) in [4.78, 5) is 0. The Morgan fingerprint density at radius 1 is 0.818 bits per heavy atom.